The Bertz CT molecular complexity index is 816. The predicted molar refractivity (Wildman–Crippen MR) is 95.1 cm³/mol. The van der Waals surface area contributed by atoms with E-state index in [1.54, 1.807) is 5.38 Å². The van der Waals surface area contributed by atoms with Crippen LogP contribution in [0.4, 0.5) is 16.3 Å². The lowest BCUT2D eigenvalue weighted by molar-refractivity contribution is -0.384. The predicted octanol–water partition coefficient (Wildman–Crippen LogP) is 3.89. The number of anilines is 1. The van der Waals surface area contributed by atoms with Crippen molar-refractivity contribution in [2.45, 2.75) is 19.6 Å². The number of carbonyl (C=O) groups excluding carboxylic acids is 1. The number of carbonyl (C=O) groups is 1. The first-order chi connectivity index (χ1) is 11.2. The maximum absolute atomic E-state index is 11.8. The maximum atomic E-state index is 11.8. The van der Waals surface area contributed by atoms with Gasteiger partial charge in [0.1, 0.15) is 19.6 Å². The molecule has 0 aliphatic rings. The topological polar surface area (TPSA) is 94.4 Å². The van der Waals surface area contributed by atoms with Gasteiger partial charge in [0.15, 0.2) is 5.01 Å². The summed E-state index contributed by atoms with van der Waals surface area (Å²) in [4.78, 5) is 26.0. The molecule has 0 spiro atoms. The van der Waals surface area contributed by atoms with Gasteiger partial charge < -0.3 is 4.74 Å². The van der Waals surface area contributed by atoms with Gasteiger partial charge in [-0.25, -0.2) is 9.78 Å². The second-order valence-electron chi connectivity index (χ2n) is 5.80. The largest absolute Gasteiger partial charge is 0.418 e. The summed E-state index contributed by atoms with van der Waals surface area (Å²) in [6, 6.07) is 5.22. The van der Waals surface area contributed by atoms with Crippen molar-refractivity contribution in [3.8, 4) is 17.2 Å². The first-order valence-corrected chi connectivity index (χ1v) is 11.3. The zero-order valence-corrected chi connectivity index (χ0v) is 15.1. The average molecular weight is 361 g/mol. The summed E-state index contributed by atoms with van der Waals surface area (Å²) in [5.41, 5.74) is 3.12. The molecule has 7 nitrogen and oxygen atoms in total. The number of aromatic nitrogens is 1. The molecule has 2 aromatic rings. The van der Waals surface area contributed by atoms with Crippen LogP contribution in [0.2, 0.25) is 19.6 Å². The van der Waals surface area contributed by atoms with Crippen molar-refractivity contribution in [1.29, 1.82) is 0 Å². The maximum Gasteiger partial charge on any atom is 0.418 e. The number of benzene rings is 1. The van der Waals surface area contributed by atoms with E-state index < -0.39 is 19.1 Å². The van der Waals surface area contributed by atoms with Gasteiger partial charge in [0, 0.05) is 17.5 Å². The Hall–Kier alpha value is -2.70. The number of non-ortho nitro benzene ring substituents is 1. The molecule has 1 N–H and O–H groups in total. The minimum absolute atomic E-state index is 0.0760. The summed E-state index contributed by atoms with van der Waals surface area (Å²) in [5.74, 6) is 3.56. The van der Waals surface area contributed by atoms with E-state index in [9.17, 15) is 14.9 Å². The van der Waals surface area contributed by atoms with Gasteiger partial charge in [0.05, 0.1) is 4.92 Å². The Labute approximate surface area is 143 Å². The van der Waals surface area contributed by atoms with Crippen LogP contribution < -0.4 is 10.1 Å². The molecule has 0 radical (unpaired) electrons. The Balaban J connectivity index is 1.96. The van der Waals surface area contributed by atoms with Crippen LogP contribution in [0.3, 0.4) is 0 Å². The molecule has 0 bridgehead atoms. The highest BCUT2D eigenvalue weighted by Gasteiger charge is 2.11. The molecule has 0 unspecified atom stereocenters. The van der Waals surface area contributed by atoms with Crippen LogP contribution in [0.5, 0.6) is 5.75 Å². The Morgan fingerprint density at radius 1 is 1.33 bits per heavy atom. The molecule has 1 heterocycles. The van der Waals surface area contributed by atoms with E-state index in [0.29, 0.717) is 10.8 Å². The fourth-order valence-electron chi connectivity index (χ4n) is 1.50. The molecule has 1 aromatic carbocycles. The third-order valence-corrected chi connectivity index (χ3v) is 4.17. The van der Waals surface area contributed by atoms with Gasteiger partial charge >= 0.3 is 6.09 Å². The lowest BCUT2D eigenvalue weighted by atomic mass is 10.3. The average Bonchev–Trinajstić information content (AvgIpc) is 2.92. The first kappa shape index (κ1) is 17.6. The van der Waals surface area contributed by atoms with E-state index >= 15 is 0 Å². The quantitative estimate of drug-likeness (QED) is 0.387. The van der Waals surface area contributed by atoms with Gasteiger partial charge in [-0.1, -0.05) is 19.6 Å². The van der Waals surface area contributed by atoms with Gasteiger partial charge in [-0.05, 0) is 18.1 Å². The number of ether oxygens (including phenoxy) is 1. The van der Waals surface area contributed by atoms with Crippen LogP contribution in [0, 0.1) is 21.6 Å². The highest BCUT2D eigenvalue weighted by atomic mass is 32.1. The van der Waals surface area contributed by atoms with Crippen LogP contribution in [0.1, 0.15) is 5.01 Å². The molecule has 0 atom stereocenters. The van der Waals surface area contributed by atoms with E-state index in [1.165, 1.54) is 35.6 Å². The van der Waals surface area contributed by atoms with Crippen LogP contribution >= 0.6 is 11.3 Å². The third kappa shape index (κ3) is 5.49. The number of nitro groups is 1. The minimum Gasteiger partial charge on any atom is -0.410 e. The molecule has 0 aliphatic heterocycles. The van der Waals surface area contributed by atoms with Gasteiger partial charge in [-0.3, -0.25) is 15.4 Å². The Morgan fingerprint density at radius 3 is 2.58 bits per heavy atom. The van der Waals surface area contributed by atoms with E-state index in [-0.39, 0.29) is 11.4 Å². The van der Waals surface area contributed by atoms with Gasteiger partial charge in [0.25, 0.3) is 5.69 Å². The molecule has 124 valence electrons. The lowest BCUT2D eigenvalue weighted by Gasteiger charge is -2.04. The lowest BCUT2D eigenvalue weighted by Crippen LogP contribution is -2.17. The van der Waals surface area contributed by atoms with Crippen LogP contribution in [0.15, 0.2) is 29.6 Å². The summed E-state index contributed by atoms with van der Waals surface area (Å²) < 4.78 is 5.04. The van der Waals surface area contributed by atoms with E-state index in [4.69, 9.17) is 4.74 Å². The molecule has 1 amide bonds. The number of nitrogens with zero attached hydrogens (tertiary/aromatic N) is 2. The van der Waals surface area contributed by atoms with Crippen LogP contribution in [-0.2, 0) is 0 Å². The van der Waals surface area contributed by atoms with Crippen LogP contribution in [0.25, 0.3) is 0 Å². The van der Waals surface area contributed by atoms with Crippen molar-refractivity contribution in [3.63, 3.8) is 0 Å². The SMILES string of the molecule is C[Si](C)(C)C#Cc1nc(NC(=O)Oc2ccc([N+](=O)[O-])cc2)cs1. The monoisotopic (exact) mass is 361 g/mol. The van der Waals surface area contributed by atoms with Crippen molar-refractivity contribution in [1.82, 2.24) is 4.98 Å². The standard InChI is InChI=1S/C15H15N3O4SSi/c1-24(2,3)9-8-14-16-13(10-23-14)17-15(19)22-12-6-4-11(5-7-12)18(20)21/h4-7,10H,1-3H3,(H,17,19). The normalized spacial score (nSPS) is 10.5. The number of hydrogen-bond donors (Lipinski definition) is 1. The number of rotatable bonds is 3. The Kier molecular flexibility index (Phi) is 5.33. The summed E-state index contributed by atoms with van der Waals surface area (Å²) in [6.07, 6.45) is -0.723. The zero-order chi connectivity index (χ0) is 17.7. The summed E-state index contributed by atoms with van der Waals surface area (Å²) in [7, 11) is -1.48. The number of hydrogen-bond acceptors (Lipinski definition) is 6. The highest BCUT2D eigenvalue weighted by Crippen LogP contribution is 2.18. The number of thiazole rings is 1. The smallest absolute Gasteiger partial charge is 0.410 e. The molecule has 9 heteroatoms. The van der Waals surface area contributed by atoms with E-state index in [1.807, 2.05) is 0 Å². The van der Waals surface area contributed by atoms with Crippen molar-refractivity contribution >= 4 is 37.0 Å². The van der Waals surface area contributed by atoms with E-state index in [2.05, 4.69) is 41.4 Å². The van der Waals surface area contributed by atoms with Gasteiger partial charge in [0.2, 0.25) is 0 Å². The minimum atomic E-state index is -1.48. The van der Waals surface area contributed by atoms with Gasteiger partial charge in [-0.15, -0.1) is 16.9 Å². The third-order valence-electron chi connectivity index (χ3n) is 2.54. The molecule has 0 aliphatic carbocycles. The second-order valence-corrected chi connectivity index (χ2v) is 11.4. The van der Waals surface area contributed by atoms with E-state index in [0.717, 1.165) is 0 Å². The van der Waals surface area contributed by atoms with Crippen molar-refractivity contribution in [2.75, 3.05) is 5.32 Å². The number of nitro benzene ring substituents is 1. The number of nitrogens with one attached hydrogen (secondary N) is 1. The molecule has 2 rings (SSSR count). The van der Waals surface area contributed by atoms with Crippen molar-refractivity contribution in [3.05, 3.63) is 44.8 Å². The zero-order valence-electron chi connectivity index (χ0n) is 13.3. The van der Waals surface area contributed by atoms with Crippen molar-refractivity contribution in [2.24, 2.45) is 0 Å². The Morgan fingerprint density at radius 2 is 2.00 bits per heavy atom. The fourth-order valence-corrected chi connectivity index (χ4v) is 2.68. The first-order valence-electron chi connectivity index (χ1n) is 6.95. The summed E-state index contributed by atoms with van der Waals surface area (Å²) in [5, 5.41) is 15.4. The fraction of sp³-hybridized carbons (Fsp3) is 0.200. The second kappa shape index (κ2) is 7.25. The van der Waals surface area contributed by atoms with Gasteiger partial charge in [-0.2, -0.15) is 0 Å². The summed E-state index contributed by atoms with van der Waals surface area (Å²) in [6.45, 7) is 6.40. The van der Waals surface area contributed by atoms with Crippen LogP contribution in [-0.4, -0.2) is 24.1 Å². The van der Waals surface area contributed by atoms with Crippen molar-refractivity contribution < 1.29 is 14.5 Å². The highest BCUT2D eigenvalue weighted by molar-refractivity contribution is 7.10. The molecule has 0 saturated heterocycles. The molecule has 0 fully saturated rings. The molecule has 1 aromatic heterocycles. The molecular formula is C15H15N3O4SSi. The summed E-state index contributed by atoms with van der Waals surface area (Å²) >= 11 is 1.34. The molecule has 24 heavy (non-hydrogen) atoms. The molecular weight excluding hydrogens is 346 g/mol. The molecule has 0 saturated carbocycles. The number of amides is 1.